The van der Waals surface area contributed by atoms with Gasteiger partial charge in [0.1, 0.15) is 5.82 Å². The number of nitrogens with zero attached hydrogens (tertiary/aromatic N) is 4. The van der Waals surface area contributed by atoms with E-state index in [9.17, 15) is 18.0 Å². The molecule has 2 aromatic carbocycles. The summed E-state index contributed by atoms with van der Waals surface area (Å²) in [5.74, 6) is 0.712. The maximum atomic E-state index is 13.0. The zero-order valence-electron chi connectivity index (χ0n) is 16.8. The summed E-state index contributed by atoms with van der Waals surface area (Å²) in [6.07, 6.45) is -1.54. The largest absolute Gasteiger partial charge is 0.416 e. The zero-order valence-corrected chi connectivity index (χ0v) is 16.8. The number of anilines is 1. The van der Waals surface area contributed by atoms with Crippen LogP contribution in [0.15, 0.2) is 59.5 Å². The molecule has 0 N–H and O–H groups in total. The van der Waals surface area contributed by atoms with Crippen molar-refractivity contribution >= 4 is 22.2 Å². The Hall–Kier alpha value is -3.29. The average molecular weight is 426 g/mol. The highest BCUT2D eigenvalue weighted by molar-refractivity contribution is 5.79. The van der Waals surface area contributed by atoms with Gasteiger partial charge in [0.25, 0.3) is 5.56 Å². The summed E-state index contributed by atoms with van der Waals surface area (Å²) in [6.45, 7) is 3.25. The summed E-state index contributed by atoms with van der Waals surface area (Å²) in [6, 6.07) is 12.8. The van der Waals surface area contributed by atoms with Crippen LogP contribution in [0.4, 0.5) is 18.9 Å². The molecule has 0 unspecified atom stereocenters. The summed E-state index contributed by atoms with van der Waals surface area (Å²) < 4.78 is 40.7. The van der Waals surface area contributed by atoms with Crippen LogP contribution in [-0.2, 0) is 12.7 Å². The molecule has 31 heavy (non-hydrogen) atoms. The van der Waals surface area contributed by atoms with Crippen LogP contribution in [-0.4, -0.2) is 40.6 Å². The highest BCUT2D eigenvalue weighted by atomic mass is 19.4. The molecule has 1 saturated heterocycles. The first kappa shape index (κ1) is 19.7. The summed E-state index contributed by atoms with van der Waals surface area (Å²) >= 11 is 0. The number of allylic oxidation sites excluding steroid dienone is 1. The fraction of sp³-hybridized carbons (Fsp3) is 0.304. The molecule has 1 fully saturated rings. The number of benzene rings is 2. The molecule has 0 spiro atoms. The average Bonchev–Trinajstić information content (AvgIpc) is 3.17. The number of hydrogen-bond acceptors (Lipinski definition) is 4. The van der Waals surface area contributed by atoms with Crippen molar-refractivity contribution in [3.05, 3.63) is 76.5 Å². The predicted molar refractivity (Wildman–Crippen MR) is 114 cm³/mol. The van der Waals surface area contributed by atoms with Crippen molar-refractivity contribution in [1.82, 2.24) is 14.5 Å². The number of hydrogen-bond donors (Lipinski definition) is 0. The minimum Gasteiger partial charge on any atom is -0.373 e. The molecular formula is C23H21F3N4O. The topological polar surface area (TPSA) is 41.4 Å². The highest BCUT2D eigenvalue weighted by Gasteiger charge is 2.31. The van der Waals surface area contributed by atoms with E-state index in [1.54, 1.807) is 16.7 Å². The van der Waals surface area contributed by atoms with E-state index in [-0.39, 0.29) is 5.56 Å². The second-order valence-corrected chi connectivity index (χ2v) is 7.88. The maximum Gasteiger partial charge on any atom is 0.416 e. The second-order valence-electron chi connectivity index (χ2n) is 7.88. The molecule has 1 aromatic heterocycles. The van der Waals surface area contributed by atoms with Gasteiger partial charge >= 0.3 is 6.18 Å². The number of halogens is 3. The number of para-hydroxylation sites is 1. The van der Waals surface area contributed by atoms with Gasteiger partial charge < -0.3 is 9.80 Å². The third-order valence-electron chi connectivity index (χ3n) is 5.94. The van der Waals surface area contributed by atoms with Gasteiger partial charge in [-0.15, -0.1) is 0 Å². The van der Waals surface area contributed by atoms with Crippen LogP contribution in [0.3, 0.4) is 0 Å². The lowest BCUT2D eigenvalue weighted by Gasteiger charge is -2.36. The van der Waals surface area contributed by atoms with Crippen LogP contribution in [0.25, 0.3) is 16.5 Å². The van der Waals surface area contributed by atoms with Crippen molar-refractivity contribution in [3.8, 4) is 0 Å². The van der Waals surface area contributed by atoms with Gasteiger partial charge in [-0.3, -0.25) is 9.36 Å². The molecule has 3 heterocycles. The van der Waals surface area contributed by atoms with E-state index in [1.807, 2.05) is 23.1 Å². The van der Waals surface area contributed by atoms with Gasteiger partial charge in [0.2, 0.25) is 0 Å². The molecule has 5 nitrogen and oxygen atoms in total. The Kier molecular flexibility index (Phi) is 4.72. The van der Waals surface area contributed by atoms with E-state index < -0.39 is 11.7 Å². The van der Waals surface area contributed by atoms with Gasteiger partial charge in [0, 0.05) is 50.2 Å². The van der Waals surface area contributed by atoms with E-state index in [1.165, 1.54) is 12.1 Å². The second kappa shape index (κ2) is 7.44. The first-order chi connectivity index (χ1) is 14.9. The van der Waals surface area contributed by atoms with E-state index in [0.29, 0.717) is 55.1 Å². The molecule has 0 atom stereocenters. The molecule has 2 aliphatic heterocycles. The molecule has 0 amide bonds. The van der Waals surface area contributed by atoms with Crippen molar-refractivity contribution < 1.29 is 13.2 Å². The first-order valence-electron chi connectivity index (χ1n) is 10.3. The molecule has 5 rings (SSSR count). The van der Waals surface area contributed by atoms with E-state index in [0.717, 1.165) is 18.1 Å². The SMILES string of the molecule is O=c1c2ccccc2nc2n1CC/C2=C\N1CCN(c2cccc(C(F)(F)F)c2)CC1. The van der Waals surface area contributed by atoms with Gasteiger partial charge in [-0.1, -0.05) is 18.2 Å². The molecule has 0 aliphatic carbocycles. The number of rotatable bonds is 2. The van der Waals surface area contributed by atoms with Gasteiger partial charge in [0.05, 0.1) is 16.5 Å². The van der Waals surface area contributed by atoms with Crippen LogP contribution < -0.4 is 10.5 Å². The van der Waals surface area contributed by atoms with Gasteiger partial charge in [0.15, 0.2) is 0 Å². The minimum absolute atomic E-state index is 0.0154. The van der Waals surface area contributed by atoms with Crippen molar-refractivity contribution in [2.24, 2.45) is 0 Å². The lowest BCUT2D eigenvalue weighted by atomic mass is 10.1. The first-order valence-corrected chi connectivity index (χ1v) is 10.3. The number of aromatic nitrogens is 2. The fourth-order valence-electron chi connectivity index (χ4n) is 4.30. The quantitative estimate of drug-likeness (QED) is 0.622. The van der Waals surface area contributed by atoms with Crippen LogP contribution in [0.5, 0.6) is 0 Å². The Labute approximate surface area is 177 Å². The van der Waals surface area contributed by atoms with Crippen LogP contribution in [0.2, 0.25) is 0 Å². The Bertz CT molecular complexity index is 1220. The van der Waals surface area contributed by atoms with Crippen molar-refractivity contribution in [1.29, 1.82) is 0 Å². The lowest BCUT2D eigenvalue weighted by molar-refractivity contribution is -0.137. The molecule has 3 aromatic rings. The maximum absolute atomic E-state index is 13.0. The molecule has 0 bridgehead atoms. The van der Waals surface area contributed by atoms with E-state index in [4.69, 9.17) is 4.98 Å². The van der Waals surface area contributed by atoms with E-state index in [2.05, 4.69) is 11.1 Å². The van der Waals surface area contributed by atoms with Crippen LogP contribution in [0, 0.1) is 0 Å². The Morgan fingerprint density at radius 2 is 1.71 bits per heavy atom. The van der Waals surface area contributed by atoms with Gasteiger partial charge in [-0.05, 0) is 36.8 Å². The minimum atomic E-state index is -4.34. The molecule has 0 radical (unpaired) electrons. The number of fused-ring (bicyclic) bond motifs is 2. The zero-order chi connectivity index (χ0) is 21.6. The van der Waals surface area contributed by atoms with Crippen molar-refractivity contribution in [3.63, 3.8) is 0 Å². The molecule has 8 heteroatoms. The molecule has 2 aliphatic rings. The monoisotopic (exact) mass is 426 g/mol. The van der Waals surface area contributed by atoms with Gasteiger partial charge in [-0.25, -0.2) is 4.98 Å². The Morgan fingerprint density at radius 3 is 2.48 bits per heavy atom. The summed E-state index contributed by atoms with van der Waals surface area (Å²) in [7, 11) is 0. The Morgan fingerprint density at radius 1 is 0.935 bits per heavy atom. The predicted octanol–water partition coefficient (Wildman–Crippen LogP) is 3.98. The van der Waals surface area contributed by atoms with Crippen LogP contribution in [0.1, 0.15) is 17.8 Å². The normalized spacial score (nSPS) is 18.1. The Balaban J connectivity index is 1.34. The lowest BCUT2D eigenvalue weighted by Crippen LogP contribution is -2.44. The molecule has 0 saturated carbocycles. The van der Waals surface area contributed by atoms with Gasteiger partial charge in [-0.2, -0.15) is 13.2 Å². The summed E-state index contributed by atoms with van der Waals surface area (Å²) in [5.41, 5.74) is 1.67. The van der Waals surface area contributed by atoms with Crippen molar-refractivity contribution in [2.75, 3.05) is 31.1 Å². The smallest absolute Gasteiger partial charge is 0.373 e. The third-order valence-corrected chi connectivity index (χ3v) is 5.94. The number of alkyl halides is 3. The molecular weight excluding hydrogens is 405 g/mol. The highest BCUT2D eigenvalue weighted by Crippen LogP contribution is 2.32. The van der Waals surface area contributed by atoms with E-state index >= 15 is 0 Å². The number of piperazine rings is 1. The standard InChI is InChI=1S/C23H21F3N4O/c24-23(25,26)17-4-3-5-18(14-17)29-12-10-28(11-13-29)15-16-8-9-30-21(16)27-20-7-2-1-6-19(20)22(30)31/h1-7,14-15H,8-13H2/b16-15+. The van der Waals surface area contributed by atoms with Crippen molar-refractivity contribution in [2.45, 2.75) is 19.1 Å². The molecule has 160 valence electrons. The summed E-state index contributed by atoms with van der Waals surface area (Å²) in [5, 5.41) is 0.627. The third kappa shape index (κ3) is 3.66. The summed E-state index contributed by atoms with van der Waals surface area (Å²) in [4.78, 5) is 21.6. The van der Waals surface area contributed by atoms with Crippen LogP contribution >= 0.6 is 0 Å². The fourth-order valence-corrected chi connectivity index (χ4v) is 4.30.